The molecule has 0 bridgehead atoms. The molecule has 0 aliphatic heterocycles. The third-order valence-corrected chi connectivity index (χ3v) is 3.03. The van der Waals surface area contributed by atoms with Crippen LogP contribution in [0.3, 0.4) is 0 Å². The van der Waals surface area contributed by atoms with Gasteiger partial charge in [0.05, 0.1) is 12.8 Å². The lowest BCUT2D eigenvalue weighted by atomic mass is 10.0. The molecule has 0 aromatic heterocycles. The summed E-state index contributed by atoms with van der Waals surface area (Å²) < 4.78 is 5.13. The van der Waals surface area contributed by atoms with Crippen LogP contribution in [0.2, 0.25) is 0 Å². The summed E-state index contributed by atoms with van der Waals surface area (Å²) in [5.74, 6) is 0.539. The number of para-hydroxylation sites is 1. The number of benzene rings is 2. The molecule has 0 aliphatic carbocycles. The number of hydrogen-bond donors (Lipinski definition) is 1. The number of hydrogen-bond acceptors (Lipinski definition) is 3. The number of nitrogen functional groups attached to an aromatic ring is 1. The van der Waals surface area contributed by atoms with Gasteiger partial charge in [-0.15, -0.1) is 0 Å². The van der Waals surface area contributed by atoms with Gasteiger partial charge in [0.1, 0.15) is 5.75 Å². The van der Waals surface area contributed by atoms with Crippen molar-refractivity contribution in [1.82, 2.24) is 0 Å². The minimum atomic E-state index is 0.00185. The van der Waals surface area contributed by atoms with Crippen molar-refractivity contribution in [2.24, 2.45) is 0 Å². The molecule has 3 heteroatoms. The molecule has 2 rings (SSSR count). The van der Waals surface area contributed by atoms with Gasteiger partial charge in [-0.1, -0.05) is 35.9 Å². The summed E-state index contributed by atoms with van der Waals surface area (Å²) in [6.07, 6.45) is 0.346. The third kappa shape index (κ3) is 2.94. The van der Waals surface area contributed by atoms with E-state index in [1.54, 1.807) is 25.3 Å². The van der Waals surface area contributed by atoms with Gasteiger partial charge in [0.25, 0.3) is 0 Å². The molecule has 3 nitrogen and oxygen atoms in total. The van der Waals surface area contributed by atoms with Crippen molar-refractivity contribution in [2.75, 3.05) is 12.8 Å². The Morgan fingerprint density at radius 3 is 2.63 bits per heavy atom. The average molecular weight is 255 g/mol. The predicted octanol–water partition coefficient (Wildman–Crippen LogP) is 3.01. The average Bonchev–Trinajstić information content (AvgIpc) is 2.39. The molecule has 0 spiro atoms. The van der Waals surface area contributed by atoms with Gasteiger partial charge in [-0.2, -0.15) is 0 Å². The number of nitrogens with two attached hydrogens (primary N) is 1. The van der Waals surface area contributed by atoms with Crippen LogP contribution in [-0.4, -0.2) is 12.9 Å². The Morgan fingerprint density at radius 2 is 1.95 bits per heavy atom. The van der Waals surface area contributed by atoms with Crippen molar-refractivity contribution in [3.8, 4) is 5.75 Å². The second-order valence-corrected chi connectivity index (χ2v) is 4.51. The van der Waals surface area contributed by atoms with E-state index in [0.717, 1.165) is 11.1 Å². The van der Waals surface area contributed by atoms with E-state index in [1.807, 2.05) is 31.2 Å². The molecule has 0 radical (unpaired) electrons. The third-order valence-electron chi connectivity index (χ3n) is 3.03. The zero-order chi connectivity index (χ0) is 13.8. The molecule has 0 heterocycles. The predicted molar refractivity (Wildman–Crippen MR) is 76.6 cm³/mol. The van der Waals surface area contributed by atoms with Crippen LogP contribution in [-0.2, 0) is 6.42 Å². The van der Waals surface area contributed by atoms with Crippen LogP contribution < -0.4 is 10.5 Å². The molecular formula is C16H17NO2. The van der Waals surface area contributed by atoms with Crippen LogP contribution in [0.4, 0.5) is 5.69 Å². The van der Waals surface area contributed by atoms with Gasteiger partial charge in [0, 0.05) is 12.0 Å². The number of carbonyl (C=O) groups is 1. The molecule has 98 valence electrons. The quantitative estimate of drug-likeness (QED) is 0.675. The van der Waals surface area contributed by atoms with Crippen molar-refractivity contribution >= 4 is 11.5 Å². The molecule has 0 amide bonds. The Labute approximate surface area is 113 Å². The lowest BCUT2D eigenvalue weighted by Crippen LogP contribution is -2.08. The van der Waals surface area contributed by atoms with Crippen LogP contribution in [0, 0.1) is 6.92 Å². The minimum absolute atomic E-state index is 0.00185. The van der Waals surface area contributed by atoms with Crippen LogP contribution in [0.15, 0.2) is 42.5 Å². The number of carbonyl (C=O) groups excluding carboxylic acids is 1. The van der Waals surface area contributed by atoms with Gasteiger partial charge in [0.2, 0.25) is 0 Å². The standard InChI is InChI=1S/C16H17NO2/c1-11-5-3-6-12(9-11)10-14(18)13-7-4-8-15(19-2)16(13)17/h3-9H,10,17H2,1-2H3. The highest BCUT2D eigenvalue weighted by Gasteiger charge is 2.13. The largest absolute Gasteiger partial charge is 0.495 e. The summed E-state index contributed by atoms with van der Waals surface area (Å²) in [6, 6.07) is 13.2. The number of rotatable bonds is 4. The summed E-state index contributed by atoms with van der Waals surface area (Å²) in [4.78, 5) is 12.3. The van der Waals surface area contributed by atoms with Crippen molar-refractivity contribution in [3.63, 3.8) is 0 Å². The van der Waals surface area contributed by atoms with Crippen LogP contribution >= 0.6 is 0 Å². The summed E-state index contributed by atoms with van der Waals surface area (Å²) >= 11 is 0. The maximum Gasteiger partial charge on any atom is 0.169 e. The number of anilines is 1. The van der Waals surface area contributed by atoms with E-state index in [0.29, 0.717) is 23.4 Å². The lowest BCUT2D eigenvalue weighted by molar-refractivity contribution is 0.0993. The summed E-state index contributed by atoms with van der Waals surface area (Å²) in [7, 11) is 1.54. The van der Waals surface area contributed by atoms with Gasteiger partial charge >= 0.3 is 0 Å². The van der Waals surface area contributed by atoms with Crippen LogP contribution in [0.1, 0.15) is 21.5 Å². The lowest BCUT2D eigenvalue weighted by Gasteiger charge is -2.09. The first-order chi connectivity index (χ1) is 9.11. The van der Waals surface area contributed by atoms with E-state index in [9.17, 15) is 4.79 Å². The molecule has 0 fully saturated rings. The summed E-state index contributed by atoms with van der Waals surface area (Å²) in [6.45, 7) is 2.01. The number of Topliss-reactive ketones (excluding diaryl/α,β-unsaturated/α-hetero) is 1. The van der Waals surface area contributed by atoms with E-state index < -0.39 is 0 Å². The number of methoxy groups -OCH3 is 1. The first-order valence-electron chi connectivity index (χ1n) is 6.13. The van der Waals surface area contributed by atoms with Crippen LogP contribution in [0.5, 0.6) is 5.75 Å². The fraction of sp³-hybridized carbons (Fsp3) is 0.188. The Hall–Kier alpha value is -2.29. The van der Waals surface area contributed by atoms with Crippen LogP contribution in [0.25, 0.3) is 0 Å². The fourth-order valence-corrected chi connectivity index (χ4v) is 2.07. The minimum Gasteiger partial charge on any atom is -0.495 e. The second kappa shape index (κ2) is 5.57. The van der Waals surface area contributed by atoms with Gasteiger partial charge in [-0.25, -0.2) is 0 Å². The van der Waals surface area contributed by atoms with E-state index in [1.165, 1.54) is 0 Å². The monoisotopic (exact) mass is 255 g/mol. The van der Waals surface area contributed by atoms with Crippen molar-refractivity contribution < 1.29 is 9.53 Å². The highest BCUT2D eigenvalue weighted by Crippen LogP contribution is 2.25. The first-order valence-corrected chi connectivity index (χ1v) is 6.13. The number of aryl methyl sites for hydroxylation is 1. The Kier molecular flexibility index (Phi) is 3.85. The molecule has 2 N–H and O–H groups in total. The Balaban J connectivity index is 2.25. The maximum absolute atomic E-state index is 12.3. The molecule has 2 aromatic rings. The molecule has 0 aliphatic rings. The normalized spacial score (nSPS) is 10.2. The smallest absolute Gasteiger partial charge is 0.169 e. The Bertz CT molecular complexity index is 605. The van der Waals surface area contributed by atoms with Gasteiger partial charge in [-0.05, 0) is 24.6 Å². The molecule has 2 aromatic carbocycles. The fourth-order valence-electron chi connectivity index (χ4n) is 2.07. The molecular weight excluding hydrogens is 238 g/mol. The highest BCUT2D eigenvalue weighted by atomic mass is 16.5. The highest BCUT2D eigenvalue weighted by molar-refractivity contribution is 6.03. The topological polar surface area (TPSA) is 52.3 Å². The van der Waals surface area contributed by atoms with Crippen molar-refractivity contribution in [2.45, 2.75) is 13.3 Å². The first kappa shape index (κ1) is 13.1. The van der Waals surface area contributed by atoms with Gasteiger partial charge < -0.3 is 10.5 Å². The van der Waals surface area contributed by atoms with Gasteiger partial charge in [-0.3, -0.25) is 4.79 Å². The molecule has 0 atom stereocenters. The number of ether oxygens (including phenoxy) is 1. The number of ketones is 1. The summed E-state index contributed by atoms with van der Waals surface area (Å²) in [5.41, 5.74) is 8.99. The van der Waals surface area contributed by atoms with Gasteiger partial charge in [0.15, 0.2) is 5.78 Å². The zero-order valence-corrected chi connectivity index (χ0v) is 11.1. The molecule has 19 heavy (non-hydrogen) atoms. The molecule has 0 unspecified atom stereocenters. The summed E-state index contributed by atoms with van der Waals surface area (Å²) in [5, 5.41) is 0. The molecule has 0 saturated heterocycles. The Morgan fingerprint density at radius 1 is 1.21 bits per heavy atom. The maximum atomic E-state index is 12.3. The van der Waals surface area contributed by atoms with E-state index in [2.05, 4.69) is 0 Å². The SMILES string of the molecule is COc1cccc(C(=O)Cc2cccc(C)c2)c1N. The van der Waals surface area contributed by atoms with Crippen molar-refractivity contribution in [1.29, 1.82) is 0 Å². The zero-order valence-electron chi connectivity index (χ0n) is 11.1. The van der Waals surface area contributed by atoms with Crippen molar-refractivity contribution in [3.05, 3.63) is 59.2 Å². The second-order valence-electron chi connectivity index (χ2n) is 4.51. The van der Waals surface area contributed by atoms with E-state index >= 15 is 0 Å². The molecule has 0 saturated carbocycles. The van der Waals surface area contributed by atoms with E-state index in [4.69, 9.17) is 10.5 Å². The van der Waals surface area contributed by atoms with E-state index in [-0.39, 0.29) is 5.78 Å².